The van der Waals surface area contributed by atoms with Crippen LogP contribution >= 0.6 is 0 Å². The molecule has 0 saturated heterocycles. The molecule has 0 aliphatic rings. The van der Waals surface area contributed by atoms with Crippen LogP contribution in [0.5, 0.6) is 0 Å². The standard InChI is InChI=1S/C43H80O16/c1-14-42(44)48-17-16-46-20-31(3)50-22-33(5)52-24-35(7)54-26-37(9)56-28-39(11)58-30-41(13)59-29-40(12)57-27-38(10)55-25-36(8)53-23-34(6)51-21-32(4)47-18-19-49-43(45)15-2/h14-15,31-41H,1-2,16-30H2,3-13H3. The van der Waals surface area contributed by atoms with Crippen molar-refractivity contribution in [1.82, 2.24) is 0 Å². The number of ether oxygens (including phenoxy) is 14. The van der Waals surface area contributed by atoms with E-state index in [0.29, 0.717) is 79.3 Å². The highest BCUT2D eigenvalue weighted by molar-refractivity contribution is 5.81. The van der Waals surface area contributed by atoms with E-state index in [2.05, 4.69) is 13.2 Å². The molecule has 11 atom stereocenters. The van der Waals surface area contributed by atoms with Crippen LogP contribution in [0.1, 0.15) is 76.2 Å². The zero-order valence-electron chi connectivity index (χ0n) is 38.1. The molecule has 16 nitrogen and oxygen atoms in total. The summed E-state index contributed by atoms with van der Waals surface area (Å²) in [6, 6.07) is 0. The highest BCUT2D eigenvalue weighted by atomic mass is 16.6. The van der Waals surface area contributed by atoms with Crippen LogP contribution in [0.25, 0.3) is 0 Å². The van der Waals surface area contributed by atoms with Gasteiger partial charge in [-0.25, -0.2) is 9.59 Å². The second-order valence-electron chi connectivity index (χ2n) is 14.9. The first-order valence-corrected chi connectivity index (χ1v) is 21.0. The van der Waals surface area contributed by atoms with Gasteiger partial charge in [0.05, 0.1) is 153 Å². The van der Waals surface area contributed by atoms with Crippen molar-refractivity contribution in [3.63, 3.8) is 0 Å². The Kier molecular flexibility index (Phi) is 35.3. The van der Waals surface area contributed by atoms with E-state index in [9.17, 15) is 9.59 Å². The van der Waals surface area contributed by atoms with Crippen molar-refractivity contribution in [2.75, 3.05) is 99.1 Å². The number of esters is 2. The Hall–Kier alpha value is -2.06. The van der Waals surface area contributed by atoms with Crippen molar-refractivity contribution in [2.45, 2.75) is 143 Å². The fourth-order valence-electron chi connectivity index (χ4n) is 4.49. The fraction of sp³-hybridized carbons (Fsp3) is 0.860. The summed E-state index contributed by atoms with van der Waals surface area (Å²) in [5, 5.41) is 0. The van der Waals surface area contributed by atoms with Gasteiger partial charge < -0.3 is 66.3 Å². The van der Waals surface area contributed by atoms with Crippen molar-refractivity contribution >= 4 is 11.9 Å². The predicted octanol–water partition coefficient (Wildman–Crippen LogP) is 4.92. The second kappa shape index (κ2) is 36.6. The maximum absolute atomic E-state index is 11.1. The second-order valence-corrected chi connectivity index (χ2v) is 14.9. The number of hydrogen-bond donors (Lipinski definition) is 0. The predicted molar refractivity (Wildman–Crippen MR) is 223 cm³/mol. The largest absolute Gasteiger partial charge is 0.460 e. The summed E-state index contributed by atoms with van der Waals surface area (Å²) in [5.74, 6) is -0.939. The molecule has 0 aromatic heterocycles. The number of carbonyl (C=O) groups excluding carboxylic acids is 2. The van der Waals surface area contributed by atoms with E-state index in [1.807, 2.05) is 76.2 Å². The molecule has 0 N–H and O–H groups in total. The average Bonchev–Trinajstić information content (AvgIpc) is 3.22. The molecule has 0 amide bonds. The van der Waals surface area contributed by atoms with Crippen LogP contribution in [-0.4, -0.2) is 178 Å². The van der Waals surface area contributed by atoms with Crippen LogP contribution in [0.2, 0.25) is 0 Å². The Morgan fingerprint density at radius 1 is 0.322 bits per heavy atom. The van der Waals surface area contributed by atoms with E-state index in [0.717, 1.165) is 12.2 Å². The minimum Gasteiger partial charge on any atom is -0.460 e. The minimum atomic E-state index is -0.470. The van der Waals surface area contributed by atoms with Gasteiger partial charge in [0.1, 0.15) is 13.2 Å². The van der Waals surface area contributed by atoms with Crippen molar-refractivity contribution in [3.05, 3.63) is 25.3 Å². The highest BCUT2D eigenvalue weighted by Crippen LogP contribution is 2.07. The van der Waals surface area contributed by atoms with Crippen molar-refractivity contribution in [3.8, 4) is 0 Å². The van der Waals surface area contributed by atoms with Gasteiger partial charge in [0.2, 0.25) is 0 Å². The molecular formula is C43H80O16. The van der Waals surface area contributed by atoms with Gasteiger partial charge in [-0.05, 0) is 76.2 Å². The van der Waals surface area contributed by atoms with Crippen molar-refractivity contribution in [2.24, 2.45) is 0 Å². The molecule has 0 spiro atoms. The summed E-state index contributed by atoms with van der Waals surface area (Å²) in [4.78, 5) is 22.1. The quantitative estimate of drug-likeness (QED) is 0.0463. The zero-order chi connectivity index (χ0) is 44.4. The normalized spacial score (nSPS) is 17.4. The maximum atomic E-state index is 11.1. The molecule has 0 rings (SSSR count). The SMILES string of the molecule is C=CC(=O)OCCOCC(C)OCC(C)OCC(C)OCC(C)OCC(C)OCC(C)OCC(C)OCC(C)OCC(C)OCC(C)OCC(C)OCCOC(=O)C=C. The molecular weight excluding hydrogens is 772 g/mol. The number of hydrogen-bond acceptors (Lipinski definition) is 16. The van der Waals surface area contributed by atoms with Gasteiger partial charge >= 0.3 is 11.9 Å². The van der Waals surface area contributed by atoms with Crippen LogP contribution in [0.3, 0.4) is 0 Å². The summed E-state index contributed by atoms with van der Waals surface area (Å²) in [5.41, 5.74) is 0. The van der Waals surface area contributed by atoms with Crippen LogP contribution in [0, 0.1) is 0 Å². The third-order valence-corrected chi connectivity index (χ3v) is 8.04. The first kappa shape index (κ1) is 56.9. The Balaban J connectivity index is 3.94. The van der Waals surface area contributed by atoms with E-state index < -0.39 is 11.9 Å². The summed E-state index contributed by atoms with van der Waals surface area (Å²) in [6.07, 6.45) is 0.938. The Bertz CT molecular complexity index is 1050. The lowest BCUT2D eigenvalue weighted by Crippen LogP contribution is -2.31. The molecule has 0 aliphatic carbocycles. The van der Waals surface area contributed by atoms with Gasteiger partial charge in [-0.2, -0.15) is 0 Å². The average molecular weight is 853 g/mol. The molecule has 0 bridgehead atoms. The number of carbonyl (C=O) groups is 2. The molecule has 0 fully saturated rings. The molecule has 0 saturated carbocycles. The highest BCUT2D eigenvalue weighted by Gasteiger charge is 2.16. The maximum Gasteiger partial charge on any atom is 0.330 e. The number of rotatable bonds is 41. The zero-order valence-corrected chi connectivity index (χ0v) is 38.1. The summed E-state index contributed by atoms with van der Waals surface area (Å²) < 4.78 is 79.7. The van der Waals surface area contributed by atoms with E-state index in [-0.39, 0.29) is 87.0 Å². The first-order chi connectivity index (χ1) is 28.0. The molecule has 0 aliphatic heterocycles. The molecule has 16 heteroatoms. The van der Waals surface area contributed by atoms with Gasteiger partial charge in [0, 0.05) is 12.2 Å². The molecule has 0 heterocycles. The van der Waals surface area contributed by atoms with E-state index in [1.165, 1.54) is 0 Å². The minimum absolute atomic E-state index is 0.112. The third kappa shape index (κ3) is 36.3. The van der Waals surface area contributed by atoms with Gasteiger partial charge in [-0.3, -0.25) is 0 Å². The summed E-state index contributed by atoms with van der Waals surface area (Å²) >= 11 is 0. The topological polar surface area (TPSA) is 163 Å². The van der Waals surface area contributed by atoms with Gasteiger partial charge in [0.25, 0.3) is 0 Å². The van der Waals surface area contributed by atoms with E-state index >= 15 is 0 Å². The lowest BCUT2D eigenvalue weighted by atomic mass is 10.3. The molecule has 0 radical (unpaired) electrons. The summed E-state index contributed by atoms with van der Waals surface area (Å²) in [7, 11) is 0. The smallest absolute Gasteiger partial charge is 0.330 e. The van der Waals surface area contributed by atoms with Crippen molar-refractivity contribution < 1.29 is 75.9 Å². The van der Waals surface area contributed by atoms with Crippen LogP contribution in [0.15, 0.2) is 25.3 Å². The van der Waals surface area contributed by atoms with Gasteiger partial charge in [0.15, 0.2) is 0 Å². The Morgan fingerprint density at radius 2 is 0.525 bits per heavy atom. The molecule has 348 valence electrons. The first-order valence-electron chi connectivity index (χ1n) is 21.0. The van der Waals surface area contributed by atoms with Crippen LogP contribution < -0.4 is 0 Å². The van der Waals surface area contributed by atoms with Crippen LogP contribution in [-0.2, 0) is 75.9 Å². The lowest BCUT2D eigenvalue weighted by Gasteiger charge is -2.23. The Labute approximate surface area is 355 Å². The summed E-state index contributed by atoms with van der Waals surface area (Å²) in [6.45, 7) is 33.7. The fourth-order valence-corrected chi connectivity index (χ4v) is 4.49. The molecule has 11 unspecified atom stereocenters. The van der Waals surface area contributed by atoms with Crippen LogP contribution in [0.4, 0.5) is 0 Å². The molecule has 0 aromatic carbocycles. The molecule has 0 aromatic rings. The molecule has 59 heavy (non-hydrogen) atoms. The van der Waals surface area contributed by atoms with E-state index in [1.54, 1.807) is 0 Å². The monoisotopic (exact) mass is 853 g/mol. The van der Waals surface area contributed by atoms with Gasteiger partial charge in [-0.1, -0.05) is 13.2 Å². The van der Waals surface area contributed by atoms with Gasteiger partial charge in [-0.15, -0.1) is 0 Å². The van der Waals surface area contributed by atoms with E-state index in [4.69, 9.17) is 66.3 Å². The Morgan fingerprint density at radius 3 is 0.763 bits per heavy atom. The lowest BCUT2D eigenvalue weighted by molar-refractivity contribution is -0.141. The van der Waals surface area contributed by atoms with Crippen molar-refractivity contribution in [1.29, 1.82) is 0 Å². The third-order valence-electron chi connectivity index (χ3n) is 8.04.